The van der Waals surface area contributed by atoms with Crippen LogP contribution in [-0.2, 0) is 0 Å². The average Bonchev–Trinajstić information content (AvgIpc) is 2.75. The first-order chi connectivity index (χ1) is 10.1. The summed E-state index contributed by atoms with van der Waals surface area (Å²) in [5.41, 5.74) is 9.73. The van der Waals surface area contributed by atoms with Gasteiger partial charge >= 0.3 is 0 Å². The fourth-order valence-corrected chi connectivity index (χ4v) is 3.38. The van der Waals surface area contributed by atoms with Gasteiger partial charge in [-0.25, -0.2) is 0 Å². The van der Waals surface area contributed by atoms with Crippen molar-refractivity contribution in [2.24, 2.45) is 0 Å². The molecule has 0 saturated carbocycles. The van der Waals surface area contributed by atoms with Gasteiger partial charge < -0.3 is 0 Å². The van der Waals surface area contributed by atoms with Gasteiger partial charge in [-0.2, -0.15) is 0 Å². The molecule has 21 heavy (non-hydrogen) atoms. The minimum atomic E-state index is 0.394. The second-order valence-corrected chi connectivity index (χ2v) is 6.19. The molecule has 0 bridgehead atoms. The van der Waals surface area contributed by atoms with Gasteiger partial charge in [0.1, 0.15) is 0 Å². The predicted octanol–water partition coefficient (Wildman–Crippen LogP) is 5.82. The molecule has 0 aromatic heterocycles. The zero-order valence-corrected chi connectivity index (χ0v) is 13.3. The minimum Gasteiger partial charge on any atom is -0.0622 e. The summed E-state index contributed by atoms with van der Waals surface area (Å²) in [7, 11) is 0. The normalized spacial score (nSPS) is 18.1. The molecule has 1 atom stereocenters. The van der Waals surface area contributed by atoms with Crippen LogP contribution in [0.15, 0.2) is 65.8 Å². The topological polar surface area (TPSA) is 0 Å². The highest BCUT2D eigenvalue weighted by Gasteiger charge is 2.26. The molecule has 1 aliphatic rings. The van der Waals surface area contributed by atoms with Crippen molar-refractivity contribution in [3.63, 3.8) is 0 Å². The van der Waals surface area contributed by atoms with Gasteiger partial charge in [0, 0.05) is 5.92 Å². The zero-order chi connectivity index (χ0) is 15.0. The van der Waals surface area contributed by atoms with Gasteiger partial charge in [0.25, 0.3) is 0 Å². The number of rotatable bonds is 2. The van der Waals surface area contributed by atoms with E-state index in [2.05, 4.69) is 82.3 Å². The van der Waals surface area contributed by atoms with E-state index < -0.39 is 0 Å². The standard InChI is InChI=1S/C21H22/c1-14-10-15(2)12-19(11-14)21-17(4)16(3)13-20(21)18-8-6-5-7-9-18/h5-13,21H,1-4H3. The smallest absolute Gasteiger partial charge is 0.0308 e. The summed E-state index contributed by atoms with van der Waals surface area (Å²) in [5, 5.41) is 0. The van der Waals surface area contributed by atoms with Crippen LogP contribution in [0.5, 0.6) is 0 Å². The van der Waals surface area contributed by atoms with Crippen LogP contribution in [0.3, 0.4) is 0 Å². The van der Waals surface area contributed by atoms with Crippen LogP contribution in [0.4, 0.5) is 0 Å². The maximum atomic E-state index is 2.35. The van der Waals surface area contributed by atoms with Gasteiger partial charge in [0.15, 0.2) is 0 Å². The van der Waals surface area contributed by atoms with Crippen molar-refractivity contribution in [3.8, 4) is 0 Å². The van der Waals surface area contributed by atoms with Crippen LogP contribution in [0.25, 0.3) is 5.57 Å². The molecule has 0 nitrogen and oxygen atoms in total. The summed E-state index contributed by atoms with van der Waals surface area (Å²) in [6.07, 6.45) is 2.35. The average molecular weight is 274 g/mol. The fourth-order valence-electron chi connectivity index (χ4n) is 3.38. The number of benzene rings is 2. The predicted molar refractivity (Wildman–Crippen MR) is 91.5 cm³/mol. The van der Waals surface area contributed by atoms with E-state index >= 15 is 0 Å². The molecule has 1 unspecified atom stereocenters. The molecular formula is C21H22. The Hall–Kier alpha value is -2.08. The second kappa shape index (κ2) is 5.37. The van der Waals surface area contributed by atoms with E-state index in [1.54, 1.807) is 0 Å². The third-order valence-electron chi connectivity index (χ3n) is 4.42. The Morgan fingerprint density at radius 2 is 1.38 bits per heavy atom. The van der Waals surface area contributed by atoms with Gasteiger partial charge in [0.2, 0.25) is 0 Å². The van der Waals surface area contributed by atoms with Crippen LogP contribution in [0.2, 0.25) is 0 Å². The summed E-state index contributed by atoms with van der Waals surface area (Å²) < 4.78 is 0. The monoisotopic (exact) mass is 274 g/mol. The first-order valence-electron chi connectivity index (χ1n) is 7.59. The Balaban J connectivity index is 2.12. The van der Waals surface area contributed by atoms with Crippen LogP contribution >= 0.6 is 0 Å². The molecule has 1 aliphatic carbocycles. The molecule has 106 valence electrons. The van der Waals surface area contributed by atoms with E-state index in [9.17, 15) is 0 Å². The quantitative estimate of drug-likeness (QED) is 0.647. The van der Waals surface area contributed by atoms with Crippen molar-refractivity contribution >= 4 is 5.57 Å². The van der Waals surface area contributed by atoms with Crippen LogP contribution < -0.4 is 0 Å². The second-order valence-electron chi connectivity index (χ2n) is 6.19. The molecule has 0 spiro atoms. The summed E-state index contributed by atoms with van der Waals surface area (Å²) in [6.45, 7) is 8.86. The molecule has 0 heterocycles. The molecule has 2 aromatic rings. The van der Waals surface area contributed by atoms with E-state index in [0.29, 0.717) is 5.92 Å². The van der Waals surface area contributed by atoms with E-state index in [4.69, 9.17) is 0 Å². The summed E-state index contributed by atoms with van der Waals surface area (Å²) in [4.78, 5) is 0. The first kappa shape index (κ1) is 13.9. The lowest BCUT2D eigenvalue weighted by molar-refractivity contribution is 1.01. The van der Waals surface area contributed by atoms with E-state index in [1.165, 1.54) is 39.0 Å². The minimum absolute atomic E-state index is 0.394. The van der Waals surface area contributed by atoms with Gasteiger partial charge in [-0.05, 0) is 44.4 Å². The third-order valence-corrected chi connectivity index (χ3v) is 4.42. The van der Waals surface area contributed by atoms with Crippen molar-refractivity contribution in [2.45, 2.75) is 33.6 Å². The summed E-state index contributed by atoms with van der Waals surface area (Å²) in [6, 6.07) is 17.7. The van der Waals surface area contributed by atoms with Crippen LogP contribution in [0, 0.1) is 13.8 Å². The highest BCUT2D eigenvalue weighted by Crippen LogP contribution is 2.44. The zero-order valence-electron chi connectivity index (χ0n) is 13.3. The molecule has 2 aromatic carbocycles. The van der Waals surface area contributed by atoms with Gasteiger partial charge in [-0.3, -0.25) is 0 Å². The van der Waals surface area contributed by atoms with Crippen molar-refractivity contribution in [2.75, 3.05) is 0 Å². The lowest BCUT2D eigenvalue weighted by Crippen LogP contribution is -2.02. The van der Waals surface area contributed by atoms with Gasteiger partial charge in [0.05, 0.1) is 0 Å². The van der Waals surface area contributed by atoms with E-state index in [0.717, 1.165) is 0 Å². The number of aryl methyl sites for hydroxylation is 2. The molecular weight excluding hydrogens is 252 g/mol. The maximum absolute atomic E-state index is 2.35. The van der Waals surface area contributed by atoms with Crippen LogP contribution in [-0.4, -0.2) is 0 Å². The fraction of sp³-hybridized carbons (Fsp3) is 0.238. The Bertz CT molecular complexity index is 710. The molecule has 0 fully saturated rings. The van der Waals surface area contributed by atoms with E-state index in [-0.39, 0.29) is 0 Å². The SMILES string of the molecule is CC1=C(C)C(c2cc(C)cc(C)c2)C(c2ccccc2)=C1. The van der Waals surface area contributed by atoms with Crippen LogP contribution in [0.1, 0.15) is 42.0 Å². The number of hydrogen-bond acceptors (Lipinski definition) is 0. The Labute approximate surface area is 127 Å². The Morgan fingerprint density at radius 1 is 0.762 bits per heavy atom. The number of hydrogen-bond donors (Lipinski definition) is 0. The molecule has 0 amide bonds. The highest BCUT2D eigenvalue weighted by molar-refractivity contribution is 5.80. The van der Waals surface area contributed by atoms with Crippen molar-refractivity contribution in [1.29, 1.82) is 0 Å². The largest absolute Gasteiger partial charge is 0.0622 e. The molecule has 0 radical (unpaired) electrons. The maximum Gasteiger partial charge on any atom is 0.0308 e. The molecule has 0 heteroatoms. The lowest BCUT2D eigenvalue weighted by Gasteiger charge is -2.20. The Kier molecular flexibility index (Phi) is 3.55. The summed E-state index contributed by atoms with van der Waals surface area (Å²) in [5.74, 6) is 0.394. The summed E-state index contributed by atoms with van der Waals surface area (Å²) >= 11 is 0. The molecule has 3 rings (SSSR count). The third kappa shape index (κ3) is 2.58. The van der Waals surface area contributed by atoms with Gasteiger partial charge in [-0.1, -0.05) is 76.9 Å². The Morgan fingerprint density at radius 3 is 2.00 bits per heavy atom. The van der Waals surface area contributed by atoms with Crippen molar-refractivity contribution in [1.82, 2.24) is 0 Å². The van der Waals surface area contributed by atoms with Gasteiger partial charge in [-0.15, -0.1) is 0 Å². The van der Waals surface area contributed by atoms with Crippen molar-refractivity contribution in [3.05, 3.63) is 88.0 Å². The first-order valence-corrected chi connectivity index (χ1v) is 7.59. The van der Waals surface area contributed by atoms with E-state index in [1.807, 2.05) is 0 Å². The molecule has 0 saturated heterocycles. The molecule has 0 aliphatic heterocycles. The van der Waals surface area contributed by atoms with Crippen molar-refractivity contribution < 1.29 is 0 Å². The lowest BCUT2D eigenvalue weighted by atomic mass is 9.84. The molecule has 0 N–H and O–H groups in total. The number of allylic oxidation sites excluding steroid dienone is 4. The highest BCUT2D eigenvalue weighted by atomic mass is 14.3.